The number of hydrogen-bond acceptors (Lipinski definition) is 4. The Labute approximate surface area is 126 Å². The van der Waals surface area contributed by atoms with Crippen LogP contribution in [0.2, 0.25) is 0 Å². The quantitative estimate of drug-likeness (QED) is 0.866. The molecule has 4 nitrogen and oxygen atoms in total. The van der Waals surface area contributed by atoms with E-state index in [1.807, 2.05) is 52.0 Å². The van der Waals surface area contributed by atoms with Crippen molar-refractivity contribution in [2.45, 2.75) is 38.9 Å². The van der Waals surface area contributed by atoms with Gasteiger partial charge in [-0.05, 0) is 44.8 Å². The molecule has 5 heteroatoms. The van der Waals surface area contributed by atoms with Gasteiger partial charge in [-0.1, -0.05) is 24.3 Å². The minimum absolute atomic E-state index is 0.316. The Bertz CT molecular complexity index is 587. The average molecular weight is 284 g/mol. The molecular formula is C16H21BN2O2. The van der Waals surface area contributed by atoms with Crippen molar-refractivity contribution < 1.29 is 9.31 Å². The summed E-state index contributed by atoms with van der Waals surface area (Å²) in [5.74, 6) is 0. The molecule has 0 bridgehead atoms. The van der Waals surface area contributed by atoms with Crippen molar-refractivity contribution in [1.82, 2.24) is 0 Å². The van der Waals surface area contributed by atoms with Crippen molar-refractivity contribution in [3.8, 4) is 6.07 Å². The monoisotopic (exact) mass is 284 g/mol. The summed E-state index contributed by atoms with van der Waals surface area (Å²) < 4.78 is 12.0. The Balaban J connectivity index is 2.34. The second-order valence-electron chi connectivity index (χ2n) is 6.21. The van der Waals surface area contributed by atoms with E-state index in [1.165, 1.54) is 0 Å². The molecule has 0 saturated carbocycles. The highest BCUT2D eigenvalue weighted by atomic mass is 16.7. The van der Waals surface area contributed by atoms with Crippen molar-refractivity contribution in [1.29, 1.82) is 5.26 Å². The van der Waals surface area contributed by atoms with Crippen molar-refractivity contribution in [2.75, 3.05) is 6.54 Å². The summed E-state index contributed by atoms with van der Waals surface area (Å²) in [5, 5.41) is 9.16. The third-order valence-corrected chi connectivity index (χ3v) is 4.21. The topological polar surface area (TPSA) is 68.3 Å². The lowest BCUT2D eigenvalue weighted by Gasteiger charge is -2.32. The average Bonchev–Trinajstić information content (AvgIpc) is 2.65. The Morgan fingerprint density at radius 1 is 1.24 bits per heavy atom. The van der Waals surface area contributed by atoms with Crippen molar-refractivity contribution in [3.05, 3.63) is 40.9 Å². The molecular weight excluding hydrogens is 263 g/mol. The predicted octanol–water partition coefficient (Wildman–Crippen LogP) is 2.53. The lowest BCUT2D eigenvalue weighted by atomic mass is 9.77. The van der Waals surface area contributed by atoms with Gasteiger partial charge < -0.3 is 15.0 Å². The number of benzene rings is 1. The molecule has 110 valence electrons. The summed E-state index contributed by atoms with van der Waals surface area (Å²) in [6.45, 7) is 8.33. The molecule has 1 aromatic carbocycles. The lowest BCUT2D eigenvalue weighted by molar-refractivity contribution is 0.00578. The van der Waals surface area contributed by atoms with Crippen LogP contribution in [-0.2, 0) is 9.31 Å². The zero-order valence-corrected chi connectivity index (χ0v) is 13.0. The molecule has 2 rings (SSSR count). The second kappa shape index (κ2) is 5.65. The first-order valence-electron chi connectivity index (χ1n) is 7.06. The highest BCUT2D eigenvalue weighted by Crippen LogP contribution is 2.38. The van der Waals surface area contributed by atoms with E-state index in [2.05, 4.69) is 6.07 Å². The first kappa shape index (κ1) is 15.8. The molecule has 0 aliphatic carbocycles. The van der Waals surface area contributed by atoms with E-state index in [4.69, 9.17) is 20.3 Å². The molecule has 21 heavy (non-hydrogen) atoms. The van der Waals surface area contributed by atoms with Gasteiger partial charge in [-0.25, -0.2) is 0 Å². The van der Waals surface area contributed by atoms with Crippen LogP contribution >= 0.6 is 0 Å². The SMILES string of the molecule is CC1(C)OB(C(=Cc2ccccc2C#N)CN)OC1(C)C. The highest BCUT2D eigenvalue weighted by molar-refractivity contribution is 6.55. The smallest absolute Gasteiger partial charge is 0.400 e. The molecule has 0 amide bonds. The van der Waals surface area contributed by atoms with Gasteiger partial charge in [0.25, 0.3) is 0 Å². The van der Waals surface area contributed by atoms with Gasteiger partial charge in [0.2, 0.25) is 0 Å². The summed E-state index contributed by atoms with van der Waals surface area (Å²) >= 11 is 0. The molecule has 1 saturated heterocycles. The minimum atomic E-state index is -0.480. The first-order chi connectivity index (χ1) is 9.80. The maximum atomic E-state index is 9.16. The molecule has 1 aliphatic rings. The largest absolute Gasteiger partial charge is 0.491 e. The molecule has 1 heterocycles. The van der Waals surface area contributed by atoms with Gasteiger partial charge in [0.05, 0.1) is 22.8 Å². The fourth-order valence-electron chi connectivity index (χ4n) is 2.14. The van der Waals surface area contributed by atoms with Gasteiger partial charge in [-0.2, -0.15) is 5.26 Å². The molecule has 0 radical (unpaired) electrons. The predicted molar refractivity (Wildman–Crippen MR) is 84.3 cm³/mol. The molecule has 1 aliphatic heterocycles. The van der Waals surface area contributed by atoms with E-state index in [0.29, 0.717) is 12.1 Å². The van der Waals surface area contributed by atoms with Crippen LogP contribution in [0.15, 0.2) is 29.7 Å². The summed E-state index contributed by atoms with van der Waals surface area (Å²) in [4.78, 5) is 0. The van der Waals surface area contributed by atoms with E-state index < -0.39 is 18.3 Å². The zero-order chi connectivity index (χ0) is 15.7. The number of nitrogens with two attached hydrogens (primary N) is 1. The molecule has 0 unspecified atom stereocenters. The van der Waals surface area contributed by atoms with Crippen LogP contribution in [0.1, 0.15) is 38.8 Å². The van der Waals surface area contributed by atoms with Gasteiger partial charge in [0.1, 0.15) is 0 Å². The van der Waals surface area contributed by atoms with Crippen LogP contribution in [-0.4, -0.2) is 24.9 Å². The number of hydrogen-bond donors (Lipinski definition) is 1. The van der Waals surface area contributed by atoms with Crippen molar-refractivity contribution in [2.24, 2.45) is 5.73 Å². The second-order valence-corrected chi connectivity index (χ2v) is 6.21. The van der Waals surface area contributed by atoms with Crippen LogP contribution in [0.5, 0.6) is 0 Å². The van der Waals surface area contributed by atoms with Crippen LogP contribution in [0.3, 0.4) is 0 Å². The van der Waals surface area contributed by atoms with Gasteiger partial charge in [-0.15, -0.1) is 0 Å². The maximum absolute atomic E-state index is 9.16. The van der Waals surface area contributed by atoms with Crippen molar-refractivity contribution in [3.63, 3.8) is 0 Å². The first-order valence-corrected chi connectivity index (χ1v) is 7.06. The standard InChI is InChI=1S/C16H21BN2O2/c1-15(2)16(3,4)21-17(20-15)14(11-19)9-12-7-5-6-8-13(12)10-18/h5-9H,11,19H2,1-4H3. The van der Waals surface area contributed by atoms with Crippen LogP contribution in [0.4, 0.5) is 0 Å². The third-order valence-electron chi connectivity index (χ3n) is 4.21. The minimum Gasteiger partial charge on any atom is -0.400 e. The third kappa shape index (κ3) is 3.03. The van der Waals surface area contributed by atoms with E-state index >= 15 is 0 Å². The molecule has 1 aromatic rings. The molecule has 1 fully saturated rings. The molecule has 2 N–H and O–H groups in total. The number of nitriles is 1. The van der Waals surface area contributed by atoms with Crippen LogP contribution in [0.25, 0.3) is 6.08 Å². The summed E-state index contributed by atoms with van der Waals surface area (Å²) in [6.07, 6.45) is 1.89. The number of rotatable bonds is 3. The summed E-state index contributed by atoms with van der Waals surface area (Å²) in [5.41, 5.74) is 7.32. The Hall–Kier alpha value is -1.61. The zero-order valence-electron chi connectivity index (χ0n) is 13.0. The molecule has 0 aromatic heterocycles. The van der Waals surface area contributed by atoms with Gasteiger partial charge in [-0.3, -0.25) is 0 Å². The van der Waals surface area contributed by atoms with Crippen molar-refractivity contribution >= 4 is 13.2 Å². The fraction of sp³-hybridized carbons (Fsp3) is 0.438. The molecule has 0 atom stereocenters. The van der Waals surface area contributed by atoms with Gasteiger partial charge in [0.15, 0.2) is 0 Å². The summed E-state index contributed by atoms with van der Waals surface area (Å²) in [7, 11) is -0.480. The Morgan fingerprint density at radius 2 is 1.81 bits per heavy atom. The van der Waals surface area contributed by atoms with E-state index in [0.717, 1.165) is 11.0 Å². The van der Waals surface area contributed by atoms with Crippen LogP contribution < -0.4 is 5.73 Å². The van der Waals surface area contributed by atoms with E-state index in [-0.39, 0.29) is 0 Å². The normalized spacial score (nSPS) is 20.4. The fourth-order valence-corrected chi connectivity index (χ4v) is 2.14. The number of nitrogens with zero attached hydrogens (tertiary/aromatic N) is 1. The highest BCUT2D eigenvalue weighted by Gasteiger charge is 2.52. The lowest BCUT2D eigenvalue weighted by Crippen LogP contribution is -2.41. The summed E-state index contributed by atoms with van der Waals surface area (Å²) in [6, 6.07) is 9.59. The maximum Gasteiger partial charge on any atom is 0.491 e. The van der Waals surface area contributed by atoms with E-state index in [9.17, 15) is 0 Å². The Kier molecular flexibility index (Phi) is 4.24. The Morgan fingerprint density at radius 3 is 2.33 bits per heavy atom. The van der Waals surface area contributed by atoms with E-state index in [1.54, 1.807) is 6.07 Å². The van der Waals surface area contributed by atoms with Gasteiger partial charge in [0, 0.05) is 6.54 Å². The molecule has 0 spiro atoms. The van der Waals surface area contributed by atoms with Gasteiger partial charge >= 0.3 is 7.12 Å². The van der Waals surface area contributed by atoms with Crippen LogP contribution in [0, 0.1) is 11.3 Å².